The third kappa shape index (κ3) is 3.71. The summed E-state index contributed by atoms with van der Waals surface area (Å²) >= 11 is 0. The highest BCUT2D eigenvalue weighted by Gasteiger charge is 2.15. The molecule has 5 nitrogen and oxygen atoms in total. The number of anilines is 1. The molecule has 19 heavy (non-hydrogen) atoms. The molecule has 0 aromatic heterocycles. The van der Waals surface area contributed by atoms with Gasteiger partial charge in [0.1, 0.15) is 17.3 Å². The number of methoxy groups -OCH3 is 1. The van der Waals surface area contributed by atoms with Crippen LogP contribution in [0, 0.1) is 0 Å². The lowest BCUT2D eigenvalue weighted by Crippen LogP contribution is -2.22. The molecule has 0 bridgehead atoms. The number of hydrogen-bond donors (Lipinski definition) is 1. The van der Waals surface area contributed by atoms with Gasteiger partial charge in [-0.1, -0.05) is 0 Å². The van der Waals surface area contributed by atoms with E-state index < -0.39 is 0 Å². The van der Waals surface area contributed by atoms with E-state index in [0.717, 1.165) is 0 Å². The van der Waals surface area contributed by atoms with E-state index in [1.54, 1.807) is 13.1 Å². The van der Waals surface area contributed by atoms with Crippen molar-refractivity contribution in [1.29, 1.82) is 0 Å². The Morgan fingerprint density at radius 3 is 2.42 bits per heavy atom. The molecule has 0 fully saturated rings. The van der Waals surface area contributed by atoms with Gasteiger partial charge in [0.05, 0.1) is 12.8 Å². The molecular weight excluding hydrogens is 246 g/mol. The van der Waals surface area contributed by atoms with Crippen LogP contribution in [0.5, 0.6) is 11.5 Å². The normalized spacial score (nSPS) is 10.1. The summed E-state index contributed by atoms with van der Waals surface area (Å²) in [6.45, 7) is 2.94. The summed E-state index contributed by atoms with van der Waals surface area (Å²) in [7, 11) is 3.11. The third-order valence-electron chi connectivity index (χ3n) is 2.98. The van der Waals surface area contributed by atoms with Gasteiger partial charge in [-0.15, -0.1) is 0 Å². The highest BCUT2D eigenvalue weighted by atomic mass is 16.5. The number of phenols is 1. The summed E-state index contributed by atoms with van der Waals surface area (Å²) in [5.41, 5.74) is 1.13. The largest absolute Gasteiger partial charge is 0.507 e. The van der Waals surface area contributed by atoms with Crippen molar-refractivity contribution in [1.82, 2.24) is 0 Å². The Morgan fingerprint density at radius 1 is 1.32 bits per heavy atom. The molecule has 104 valence electrons. The molecule has 0 atom stereocenters. The minimum atomic E-state index is -0.141. The smallest absolute Gasteiger partial charge is 0.223 e. The number of amides is 1. The van der Waals surface area contributed by atoms with Crippen molar-refractivity contribution >= 4 is 17.4 Å². The molecule has 0 spiro atoms. The molecule has 0 aliphatic heterocycles. The Bertz CT molecular complexity index is 496. The van der Waals surface area contributed by atoms with Gasteiger partial charge >= 0.3 is 0 Å². The monoisotopic (exact) mass is 265 g/mol. The first-order valence-electron chi connectivity index (χ1n) is 6.00. The molecule has 0 heterocycles. The molecule has 1 aromatic carbocycles. The molecular formula is C14H19NO4. The zero-order valence-corrected chi connectivity index (χ0v) is 11.7. The van der Waals surface area contributed by atoms with Crippen LogP contribution in [-0.2, 0) is 16.0 Å². The number of ether oxygens (including phenoxy) is 1. The first-order valence-corrected chi connectivity index (χ1v) is 6.00. The molecule has 0 aliphatic rings. The fraction of sp³-hybridized carbons (Fsp3) is 0.429. The van der Waals surface area contributed by atoms with Crippen molar-refractivity contribution in [2.75, 3.05) is 19.1 Å². The average Bonchev–Trinajstić information content (AvgIpc) is 2.34. The maximum Gasteiger partial charge on any atom is 0.223 e. The van der Waals surface area contributed by atoms with Crippen molar-refractivity contribution in [3.05, 3.63) is 17.7 Å². The van der Waals surface area contributed by atoms with Crippen molar-refractivity contribution in [2.24, 2.45) is 0 Å². The number of phenolic OH excluding ortho intramolecular Hbond substituents is 1. The van der Waals surface area contributed by atoms with E-state index in [2.05, 4.69) is 0 Å². The fourth-order valence-corrected chi connectivity index (χ4v) is 1.73. The van der Waals surface area contributed by atoms with Crippen LogP contribution in [0.25, 0.3) is 0 Å². The second-order valence-electron chi connectivity index (χ2n) is 4.43. The van der Waals surface area contributed by atoms with Crippen molar-refractivity contribution in [3.63, 3.8) is 0 Å². The van der Waals surface area contributed by atoms with Crippen LogP contribution in [0.1, 0.15) is 25.8 Å². The molecule has 1 aromatic rings. The summed E-state index contributed by atoms with van der Waals surface area (Å²) in [5, 5.41) is 10.0. The zero-order chi connectivity index (χ0) is 14.6. The highest BCUT2D eigenvalue weighted by molar-refractivity contribution is 5.91. The molecule has 0 radical (unpaired) electrons. The van der Waals surface area contributed by atoms with E-state index in [0.29, 0.717) is 29.8 Å². The Morgan fingerprint density at radius 2 is 1.95 bits per heavy atom. The Kier molecular flexibility index (Phi) is 4.92. The zero-order valence-electron chi connectivity index (χ0n) is 11.7. The van der Waals surface area contributed by atoms with E-state index >= 15 is 0 Å². The van der Waals surface area contributed by atoms with E-state index in [1.807, 2.05) is 0 Å². The predicted molar refractivity (Wildman–Crippen MR) is 72.7 cm³/mol. The lowest BCUT2D eigenvalue weighted by molar-refractivity contribution is -0.117. The maximum atomic E-state index is 11.3. The number of hydrogen-bond acceptors (Lipinski definition) is 4. The molecule has 0 saturated carbocycles. The van der Waals surface area contributed by atoms with Crippen LogP contribution in [0.2, 0.25) is 0 Å². The van der Waals surface area contributed by atoms with Crippen molar-refractivity contribution in [2.45, 2.75) is 26.7 Å². The first-order chi connectivity index (χ1) is 8.86. The molecule has 1 rings (SSSR count). The Balaban J connectivity index is 3.14. The summed E-state index contributed by atoms with van der Waals surface area (Å²) in [6.07, 6.45) is 0.750. The summed E-state index contributed by atoms with van der Waals surface area (Å²) in [5.74, 6) is 0.414. The molecule has 5 heteroatoms. The Labute approximate surface area is 112 Å². The van der Waals surface area contributed by atoms with Crippen LogP contribution < -0.4 is 9.64 Å². The minimum Gasteiger partial charge on any atom is -0.507 e. The van der Waals surface area contributed by atoms with Gasteiger partial charge < -0.3 is 19.5 Å². The number of rotatable bonds is 5. The predicted octanol–water partition coefficient (Wildman–Crippen LogP) is 1.91. The van der Waals surface area contributed by atoms with Crippen LogP contribution in [0.15, 0.2) is 12.1 Å². The Hall–Kier alpha value is -2.04. The van der Waals surface area contributed by atoms with Gasteiger partial charge in [0.25, 0.3) is 0 Å². The highest BCUT2D eigenvalue weighted by Crippen LogP contribution is 2.34. The number of benzene rings is 1. The van der Waals surface area contributed by atoms with Gasteiger partial charge in [0, 0.05) is 38.1 Å². The van der Waals surface area contributed by atoms with E-state index in [4.69, 9.17) is 4.74 Å². The van der Waals surface area contributed by atoms with Gasteiger partial charge in [0.2, 0.25) is 5.91 Å². The number of Topliss-reactive ketones (excluding diaryl/α,β-unsaturated/α-hetero) is 1. The third-order valence-corrected chi connectivity index (χ3v) is 2.98. The van der Waals surface area contributed by atoms with Crippen molar-refractivity contribution < 1.29 is 19.4 Å². The molecule has 0 unspecified atom stereocenters. The quantitative estimate of drug-likeness (QED) is 0.883. The van der Waals surface area contributed by atoms with Crippen LogP contribution >= 0.6 is 0 Å². The van der Waals surface area contributed by atoms with Crippen LogP contribution in [0.3, 0.4) is 0 Å². The number of nitrogens with zero attached hydrogens (tertiary/aromatic N) is 1. The molecule has 1 amide bonds. The van der Waals surface area contributed by atoms with E-state index in [-0.39, 0.29) is 17.4 Å². The number of carbonyl (C=O) groups is 2. The second kappa shape index (κ2) is 6.22. The lowest BCUT2D eigenvalue weighted by atomic mass is 10.0. The van der Waals surface area contributed by atoms with Gasteiger partial charge in [-0.3, -0.25) is 4.79 Å². The summed E-state index contributed by atoms with van der Waals surface area (Å²) < 4.78 is 5.22. The topological polar surface area (TPSA) is 66.8 Å². The molecule has 0 aliphatic carbocycles. The van der Waals surface area contributed by atoms with Gasteiger partial charge in [-0.2, -0.15) is 0 Å². The molecule has 0 saturated heterocycles. The van der Waals surface area contributed by atoms with E-state index in [1.165, 1.54) is 31.9 Å². The number of ketones is 1. The van der Waals surface area contributed by atoms with Gasteiger partial charge in [-0.05, 0) is 13.3 Å². The SMILES string of the molecule is COc1cc(N(C)C(C)=O)cc(O)c1CCC(C)=O. The number of aromatic hydroxyl groups is 1. The van der Waals surface area contributed by atoms with E-state index in [9.17, 15) is 14.7 Å². The van der Waals surface area contributed by atoms with Gasteiger partial charge in [0.15, 0.2) is 0 Å². The second-order valence-corrected chi connectivity index (χ2v) is 4.43. The minimum absolute atomic E-state index is 0.0312. The van der Waals surface area contributed by atoms with Crippen molar-refractivity contribution in [3.8, 4) is 11.5 Å². The average molecular weight is 265 g/mol. The fourth-order valence-electron chi connectivity index (χ4n) is 1.73. The summed E-state index contributed by atoms with van der Waals surface area (Å²) in [6, 6.07) is 3.18. The first kappa shape index (κ1) is 15.0. The number of carbonyl (C=O) groups excluding carboxylic acids is 2. The summed E-state index contributed by atoms with van der Waals surface area (Å²) in [4.78, 5) is 23.7. The van der Waals surface area contributed by atoms with Crippen LogP contribution in [0.4, 0.5) is 5.69 Å². The maximum absolute atomic E-state index is 11.3. The molecule has 1 N–H and O–H groups in total. The van der Waals surface area contributed by atoms with Crippen LogP contribution in [-0.4, -0.2) is 31.0 Å². The standard InChI is InChI=1S/C14H19NO4/c1-9(16)5-6-12-13(18)7-11(8-14(12)19-4)15(3)10(2)17/h7-8,18H,5-6H2,1-4H3. The lowest BCUT2D eigenvalue weighted by Gasteiger charge is -2.18. The van der Waals surface area contributed by atoms with Gasteiger partial charge in [-0.25, -0.2) is 0 Å².